The number of ether oxygens (including phenoxy) is 1. The van der Waals surface area contributed by atoms with Crippen molar-refractivity contribution in [1.82, 2.24) is 5.32 Å². The van der Waals surface area contributed by atoms with Gasteiger partial charge in [-0.25, -0.2) is 0 Å². The second-order valence-corrected chi connectivity index (χ2v) is 5.59. The van der Waals surface area contributed by atoms with Crippen molar-refractivity contribution in [2.75, 3.05) is 20.3 Å². The van der Waals surface area contributed by atoms with Gasteiger partial charge in [-0.05, 0) is 25.7 Å². The SMILES string of the molecule is COCCC(C)(O)CNC1CCCC(C)C1. The van der Waals surface area contributed by atoms with Crippen molar-refractivity contribution in [3.8, 4) is 0 Å². The van der Waals surface area contributed by atoms with E-state index in [4.69, 9.17) is 4.74 Å². The van der Waals surface area contributed by atoms with Crippen LogP contribution in [0.4, 0.5) is 0 Å². The summed E-state index contributed by atoms with van der Waals surface area (Å²) in [5, 5.41) is 13.6. The molecule has 0 aliphatic heterocycles. The molecule has 1 rings (SSSR count). The highest BCUT2D eigenvalue weighted by molar-refractivity contribution is 4.81. The van der Waals surface area contributed by atoms with Crippen molar-refractivity contribution in [2.45, 2.75) is 57.6 Å². The minimum atomic E-state index is -0.642. The third-order valence-electron chi connectivity index (χ3n) is 3.55. The number of aliphatic hydroxyl groups is 1. The van der Waals surface area contributed by atoms with Gasteiger partial charge in [0.25, 0.3) is 0 Å². The molecule has 0 bridgehead atoms. The van der Waals surface area contributed by atoms with Gasteiger partial charge in [-0.15, -0.1) is 0 Å². The number of methoxy groups -OCH3 is 1. The monoisotopic (exact) mass is 229 g/mol. The molecule has 0 aromatic carbocycles. The first-order chi connectivity index (χ1) is 7.53. The van der Waals surface area contributed by atoms with Gasteiger partial charge in [0, 0.05) is 32.7 Å². The van der Waals surface area contributed by atoms with Crippen LogP contribution >= 0.6 is 0 Å². The molecule has 1 aliphatic rings. The summed E-state index contributed by atoms with van der Waals surface area (Å²) < 4.78 is 5.00. The van der Waals surface area contributed by atoms with Crippen molar-refractivity contribution >= 4 is 0 Å². The molecule has 0 heterocycles. The molecule has 0 spiro atoms. The molecule has 3 nitrogen and oxygen atoms in total. The number of rotatable bonds is 6. The molecule has 2 N–H and O–H groups in total. The highest BCUT2D eigenvalue weighted by Crippen LogP contribution is 2.23. The highest BCUT2D eigenvalue weighted by atomic mass is 16.5. The molecule has 0 amide bonds. The molecule has 1 saturated carbocycles. The summed E-state index contributed by atoms with van der Waals surface area (Å²) in [6, 6.07) is 0.595. The van der Waals surface area contributed by atoms with Crippen LogP contribution in [0.5, 0.6) is 0 Å². The third-order valence-corrected chi connectivity index (χ3v) is 3.55. The van der Waals surface area contributed by atoms with E-state index < -0.39 is 5.60 Å². The molecule has 0 radical (unpaired) electrons. The lowest BCUT2D eigenvalue weighted by atomic mass is 9.86. The number of hydrogen-bond acceptors (Lipinski definition) is 3. The Labute approximate surface area is 99.6 Å². The molecular formula is C13H27NO2. The van der Waals surface area contributed by atoms with Gasteiger partial charge in [0.1, 0.15) is 0 Å². The Hall–Kier alpha value is -0.120. The Bertz CT molecular complexity index is 194. The van der Waals surface area contributed by atoms with E-state index in [2.05, 4.69) is 12.2 Å². The van der Waals surface area contributed by atoms with E-state index >= 15 is 0 Å². The van der Waals surface area contributed by atoms with E-state index in [0.717, 1.165) is 5.92 Å². The first kappa shape index (κ1) is 13.9. The molecule has 1 aliphatic carbocycles. The van der Waals surface area contributed by atoms with E-state index in [1.165, 1.54) is 25.7 Å². The fraction of sp³-hybridized carbons (Fsp3) is 1.00. The fourth-order valence-electron chi connectivity index (χ4n) is 2.39. The van der Waals surface area contributed by atoms with E-state index in [1.807, 2.05) is 6.92 Å². The summed E-state index contributed by atoms with van der Waals surface area (Å²) >= 11 is 0. The summed E-state index contributed by atoms with van der Waals surface area (Å²) in [6.07, 6.45) is 5.88. The van der Waals surface area contributed by atoms with Crippen LogP contribution in [0.2, 0.25) is 0 Å². The summed E-state index contributed by atoms with van der Waals surface area (Å²) in [6.45, 7) is 5.49. The maximum absolute atomic E-state index is 10.1. The highest BCUT2D eigenvalue weighted by Gasteiger charge is 2.24. The average molecular weight is 229 g/mol. The summed E-state index contributed by atoms with van der Waals surface area (Å²) in [5.41, 5.74) is -0.642. The van der Waals surface area contributed by atoms with Crippen molar-refractivity contribution in [3.05, 3.63) is 0 Å². The summed E-state index contributed by atoms with van der Waals surface area (Å²) in [5.74, 6) is 0.829. The van der Waals surface area contributed by atoms with Gasteiger partial charge < -0.3 is 15.2 Å². The third kappa shape index (κ3) is 5.28. The van der Waals surface area contributed by atoms with Crippen LogP contribution in [-0.2, 0) is 4.74 Å². The van der Waals surface area contributed by atoms with Gasteiger partial charge in [-0.3, -0.25) is 0 Å². The van der Waals surface area contributed by atoms with Gasteiger partial charge in [0.15, 0.2) is 0 Å². The Kier molecular flexibility index (Phi) is 5.73. The van der Waals surface area contributed by atoms with Crippen LogP contribution in [-0.4, -0.2) is 37.0 Å². The fourth-order valence-corrected chi connectivity index (χ4v) is 2.39. The van der Waals surface area contributed by atoms with E-state index in [9.17, 15) is 5.11 Å². The minimum absolute atomic E-state index is 0.595. The second kappa shape index (κ2) is 6.58. The van der Waals surface area contributed by atoms with Crippen molar-refractivity contribution < 1.29 is 9.84 Å². The average Bonchev–Trinajstić information content (AvgIpc) is 2.24. The van der Waals surface area contributed by atoms with Crippen LogP contribution < -0.4 is 5.32 Å². The predicted octanol–water partition coefficient (Wildman–Crippen LogP) is 1.94. The topological polar surface area (TPSA) is 41.5 Å². The van der Waals surface area contributed by atoms with Crippen LogP contribution in [0.25, 0.3) is 0 Å². The largest absolute Gasteiger partial charge is 0.389 e. The predicted molar refractivity (Wildman–Crippen MR) is 66.5 cm³/mol. The molecule has 16 heavy (non-hydrogen) atoms. The van der Waals surface area contributed by atoms with Crippen molar-refractivity contribution in [3.63, 3.8) is 0 Å². The lowest BCUT2D eigenvalue weighted by Gasteiger charge is -2.31. The van der Waals surface area contributed by atoms with Crippen molar-refractivity contribution in [1.29, 1.82) is 0 Å². The molecule has 96 valence electrons. The molecule has 3 atom stereocenters. The number of nitrogens with one attached hydrogen (secondary N) is 1. The standard InChI is InChI=1S/C13H27NO2/c1-11-5-4-6-12(9-11)14-10-13(2,15)7-8-16-3/h11-12,14-15H,4-10H2,1-3H3. The van der Waals surface area contributed by atoms with Crippen LogP contribution in [0.1, 0.15) is 46.0 Å². The van der Waals surface area contributed by atoms with Gasteiger partial charge in [0.05, 0.1) is 5.60 Å². The normalized spacial score (nSPS) is 30.0. The van der Waals surface area contributed by atoms with Crippen LogP contribution in [0.3, 0.4) is 0 Å². The van der Waals surface area contributed by atoms with Gasteiger partial charge >= 0.3 is 0 Å². The Morgan fingerprint density at radius 1 is 1.44 bits per heavy atom. The lowest BCUT2D eigenvalue weighted by Crippen LogP contribution is -2.44. The molecule has 1 fully saturated rings. The Morgan fingerprint density at radius 2 is 2.19 bits per heavy atom. The van der Waals surface area contributed by atoms with E-state index in [0.29, 0.717) is 25.6 Å². The first-order valence-electron chi connectivity index (χ1n) is 6.48. The Balaban J connectivity index is 2.21. The minimum Gasteiger partial charge on any atom is -0.389 e. The summed E-state index contributed by atoms with van der Waals surface area (Å²) in [7, 11) is 1.67. The van der Waals surface area contributed by atoms with Gasteiger partial charge in [-0.2, -0.15) is 0 Å². The lowest BCUT2D eigenvalue weighted by molar-refractivity contribution is 0.0211. The van der Waals surface area contributed by atoms with E-state index in [1.54, 1.807) is 7.11 Å². The maximum Gasteiger partial charge on any atom is 0.0765 e. The van der Waals surface area contributed by atoms with Gasteiger partial charge in [-0.1, -0.05) is 19.8 Å². The maximum atomic E-state index is 10.1. The quantitative estimate of drug-likeness (QED) is 0.731. The van der Waals surface area contributed by atoms with Crippen LogP contribution in [0.15, 0.2) is 0 Å². The molecule has 0 aromatic heterocycles. The molecule has 0 aromatic rings. The zero-order valence-corrected chi connectivity index (χ0v) is 11.0. The number of hydrogen-bond donors (Lipinski definition) is 2. The smallest absolute Gasteiger partial charge is 0.0765 e. The zero-order valence-electron chi connectivity index (χ0n) is 11.0. The second-order valence-electron chi connectivity index (χ2n) is 5.59. The Morgan fingerprint density at radius 3 is 2.81 bits per heavy atom. The summed E-state index contributed by atoms with van der Waals surface area (Å²) in [4.78, 5) is 0. The van der Waals surface area contributed by atoms with Gasteiger partial charge in [0.2, 0.25) is 0 Å². The molecular weight excluding hydrogens is 202 g/mol. The van der Waals surface area contributed by atoms with Crippen LogP contribution in [0, 0.1) is 5.92 Å². The molecule has 3 heteroatoms. The van der Waals surface area contributed by atoms with Crippen molar-refractivity contribution in [2.24, 2.45) is 5.92 Å². The van der Waals surface area contributed by atoms with E-state index in [-0.39, 0.29) is 0 Å². The zero-order chi connectivity index (χ0) is 12.0. The first-order valence-corrected chi connectivity index (χ1v) is 6.48. The molecule has 3 unspecified atom stereocenters. The molecule has 0 saturated heterocycles.